The molecule has 0 aromatic heterocycles. The molecule has 1 heterocycles. The lowest BCUT2D eigenvalue weighted by molar-refractivity contribution is 0.0530. The summed E-state index contributed by atoms with van der Waals surface area (Å²) in [6.07, 6.45) is 2.72. The predicted molar refractivity (Wildman–Crippen MR) is 107 cm³/mol. The van der Waals surface area contributed by atoms with Gasteiger partial charge in [-0.25, -0.2) is 4.39 Å². The van der Waals surface area contributed by atoms with Crippen LogP contribution in [0.15, 0.2) is 29.3 Å². The molecule has 1 aromatic carbocycles. The smallest absolute Gasteiger partial charge is 0.188 e. The van der Waals surface area contributed by atoms with Crippen LogP contribution in [0.1, 0.15) is 38.7 Å². The number of nitrogens with two attached hydrogens (primary N) is 1. The fourth-order valence-electron chi connectivity index (χ4n) is 2.90. The van der Waals surface area contributed by atoms with E-state index in [1.807, 2.05) is 6.07 Å². The van der Waals surface area contributed by atoms with Crippen LogP contribution in [0.5, 0.6) is 0 Å². The molecule has 4 nitrogen and oxygen atoms in total. The van der Waals surface area contributed by atoms with Gasteiger partial charge in [-0.2, -0.15) is 0 Å². The van der Waals surface area contributed by atoms with Gasteiger partial charge in [-0.3, -0.25) is 4.99 Å². The topological polar surface area (TPSA) is 59.6 Å². The number of ether oxygens (including phenoxy) is 1. The van der Waals surface area contributed by atoms with Gasteiger partial charge in [-0.15, -0.1) is 24.0 Å². The SMILES string of the molecule is CC(C)CCNC(N)=NCC1(c2cccc(F)c2)CCOCC1.I. The van der Waals surface area contributed by atoms with E-state index in [9.17, 15) is 4.39 Å². The summed E-state index contributed by atoms with van der Waals surface area (Å²) in [5, 5.41) is 3.16. The Morgan fingerprint density at radius 1 is 1.38 bits per heavy atom. The highest BCUT2D eigenvalue weighted by atomic mass is 127. The highest BCUT2D eigenvalue weighted by Gasteiger charge is 2.34. The number of aliphatic imine (C=N–C) groups is 1. The average molecular weight is 449 g/mol. The molecule has 2 rings (SSSR count). The number of nitrogens with one attached hydrogen (secondary N) is 1. The van der Waals surface area contributed by atoms with Gasteiger partial charge >= 0.3 is 0 Å². The van der Waals surface area contributed by atoms with Gasteiger partial charge in [-0.1, -0.05) is 26.0 Å². The predicted octanol–water partition coefficient (Wildman–Crippen LogP) is 3.44. The molecule has 0 aliphatic carbocycles. The van der Waals surface area contributed by atoms with Gasteiger partial charge in [0, 0.05) is 25.2 Å². The van der Waals surface area contributed by atoms with Gasteiger partial charge in [0.2, 0.25) is 0 Å². The first-order valence-electron chi connectivity index (χ1n) is 8.39. The minimum atomic E-state index is -0.208. The molecule has 0 atom stereocenters. The van der Waals surface area contributed by atoms with Crippen LogP contribution in [-0.4, -0.2) is 32.3 Å². The highest BCUT2D eigenvalue weighted by molar-refractivity contribution is 14.0. The first kappa shape index (κ1) is 21.2. The zero-order chi connectivity index (χ0) is 16.7. The summed E-state index contributed by atoms with van der Waals surface area (Å²) in [5.41, 5.74) is 6.77. The molecule has 136 valence electrons. The molecular weight excluding hydrogens is 420 g/mol. The summed E-state index contributed by atoms with van der Waals surface area (Å²) in [7, 11) is 0. The van der Waals surface area contributed by atoms with Gasteiger partial charge in [0.05, 0.1) is 6.54 Å². The second-order valence-electron chi connectivity index (χ2n) is 6.71. The first-order chi connectivity index (χ1) is 11.0. The van der Waals surface area contributed by atoms with Crippen LogP contribution < -0.4 is 11.1 Å². The van der Waals surface area contributed by atoms with Crippen LogP contribution >= 0.6 is 24.0 Å². The molecule has 6 heteroatoms. The summed E-state index contributed by atoms with van der Waals surface area (Å²) >= 11 is 0. The molecule has 24 heavy (non-hydrogen) atoms. The molecule has 0 amide bonds. The van der Waals surface area contributed by atoms with Crippen molar-refractivity contribution in [1.82, 2.24) is 5.32 Å². The lowest BCUT2D eigenvalue weighted by Crippen LogP contribution is -2.39. The van der Waals surface area contributed by atoms with E-state index in [-0.39, 0.29) is 35.2 Å². The Balaban J connectivity index is 0.00000288. The molecule has 3 N–H and O–H groups in total. The third kappa shape index (κ3) is 6.20. The minimum Gasteiger partial charge on any atom is -0.381 e. The van der Waals surface area contributed by atoms with Crippen LogP contribution in [0.2, 0.25) is 0 Å². The molecule has 0 bridgehead atoms. The highest BCUT2D eigenvalue weighted by Crippen LogP contribution is 2.35. The van der Waals surface area contributed by atoms with Crippen molar-refractivity contribution in [2.24, 2.45) is 16.6 Å². The van der Waals surface area contributed by atoms with Gasteiger partial charge in [-0.05, 0) is 42.9 Å². The lowest BCUT2D eigenvalue weighted by Gasteiger charge is -2.36. The number of benzene rings is 1. The summed E-state index contributed by atoms with van der Waals surface area (Å²) in [6.45, 7) is 7.08. The number of guanidine groups is 1. The molecule has 0 saturated carbocycles. The van der Waals surface area contributed by atoms with Crippen LogP contribution in [0.25, 0.3) is 0 Å². The maximum atomic E-state index is 13.6. The second-order valence-corrected chi connectivity index (χ2v) is 6.71. The number of halogens is 2. The number of rotatable bonds is 6. The Labute approximate surface area is 161 Å². The summed E-state index contributed by atoms with van der Waals surface area (Å²) in [4.78, 5) is 4.53. The van der Waals surface area contributed by atoms with E-state index >= 15 is 0 Å². The van der Waals surface area contributed by atoms with Gasteiger partial charge in [0.1, 0.15) is 5.82 Å². The largest absolute Gasteiger partial charge is 0.381 e. The van der Waals surface area contributed by atoms with Crippen molar-refractivity contribution in [2.45, 2.75) is 38.5 Å². The molecule has 1 fully saturated rings. The van der Waals surface area contributed by atoms with Crippen molar-refractivity contribution in [3.05, 3.63) is 35.6 Å². The third-order valence-corrected chi connectivity index (χ3v) is 4.47. The Hall–Kier alpha value is -0.890. The molecular formula is C18H29FIN3O. The number of hydrogen-bond donors (Lipinski definition) is 2. The second kappa shape index (κ2) is 10.2. The monoisotopic (exact) mass is 449 g/mol. The van der Waals surface area contributed by atoms with Crippen molar-refractivity contribution >= 4 is 29.9 Å². The van der Waals surface area contributed by atoms with Crippen LogP contribution in [-0.2, 0) is 10.2 Å². The Morgan fingerprint density at radius 3 is 2.71 bits per heavy atom. The van der Waals surface area contributed by atoms with E-state index in [4.69, 9.17) is 10.5 Å². The standard InChI is InChI=1S/C18H28FN3O.HI/c1-14(2)6-9-21-17(20)22-13-18(7-10-23-11-8-18)15-4-3-5-16(19)12-15;/h3-5,12,14H,6-11,13H2,1-2H3,(H3,20,21,22);1H. The maximum absolute atomic E-state index is 13.6. The summed E-state index contributed by atoms with van der Waals surface area (Å²) in [5.74, 6) is 0.887. The van der Waals surface area contributed by atoms with E-state index < -0.39 is 0 Å². The summed E-state index contributed by atoms with van der Waals surface area (Å²) < 4.78 is 19.1. The molecule has 1 aliphatic rings. The van der Waals surface area contributed by atoms with E-state index in [2.05, 4.69) is 24.2 Å². The van der Waals surface area contributed by atoms with Gasteiger partial charge in [0.15, 0.2) is 5.96 Å². The van der Waals surface area contributed by atoms with Crippen LogP contribution in [0, 0.1) is 11.7 Å². The average Bonchev–Trinajstić information content (AvgIpc) is 2.53. The van der Waals surface area contributed by atoms with E-state index in [0.717, 1.165) is 31.4 Å². The van der Waals surface area contributed by atoms with Crippen molar-refractivity contribution in [3.8, 4) is 0 Å². The quantitative estimate of drug-likeness (QED) is 0.398. The molecule has 1 aliphatic heterocycles. The third-order valence-electron chi connectivity index (χ3n) is 4.47. The van der Waals surface area contributed by atoms with Crippen LogP contribution in [0.4, 0.5) is 4.39 Å². The first-order valence-corrected chi connectivity index (χ1v) is 8.39. The zero-order valence-electron chi connectivity index (χ0n) is 14.6. The molecule has 0 radical (unpaired) electrons. The van der Waals surface area contributed by atoms with Crippen molar-refractivity contribution in [2.75, 3.05) is 26.3 Å². The lowest BCUT2D eigenvalue weighted by atomic mass is 9.74. The van der Waals surface area contributed by atoms with E-state index in [1.165, 1.54) is 6.07 Å². The molecule has 1 aromatic rings. The Bertz CT molecular complexity index is 531. The maximum Gasteiger partial charge on any atom is 0.188 e. The molecule has 1 saturated heterocycles. The normalized spacial score (nSPS) is 17.4. The zero-order valence-corrected chi connectivity index (χ0v) is 16.9. The van der Waals surface area contributed by atoms with Crippen molar-refractivity contribution < 1.29 is 9.13 Å². The Kier molecular flexibility index (Phi) is 8.97. The van der Waals surface area contributed by atoms with E-state index in [0.29, 0.717) is 31.6 Å². The van der Waals surface area contributed by atoms with Crippen molar-refractivity contribution in [3.63, 3.8) is 0 Å². The number of hydrogen-bond acceptors (Lipinski definition) is 2. The van der Waals surface area contributed by atoms with Gasteiger partial charge in [0.25, 0.3) is 0 Å². The van der Waals surface area contributed by atoms with E-state index in [1.54, 1.807) is 12.1 Å². The fraction of sp³-hybridized carbons (Fsp3) is 0.611. The van der Waals surface area contributed by atoms with Crippen LogP contribution in [0.3, 0.4) is 0 Å². The minimum absolute atomic E-state index is 0. The summed E-state index contributed by atoms with van der Waals surface area (Å²) in [6, 6.07) is 6.83. The molecule has 0 unspecified atom stereocenters. The van der Waals surface area contributed by atoms with Gasteiger partial charge < -0.3 is 15.8 Å². The van der Waals surface area contributed by atoms with Crippen molar-refractivity contribution in [1.29, 1.82) is 0 Å². The fourth-order valence-corrected chi connectivity index (χ4v) is 2.90. The Morgan fingerprint density at radius 2 is 2.08 bits per heavy atom. The number of nitrogens with zero attached hydrogens (tertiary/aromatic N) is 1. The molecule has 0 spiro atoms.